The molecule has 0 N–H and O–H groups in total. The topological polar surface area (TPSA) is 26.3 Å². The number of ether oxygens (including phenoxy) is 1. The van der Waals surface area contributed by atoms with Crippen molar-refractivity contribution in [3.05, 3.63) is 34.9 Å². The molecule has 1 fully saturated rings. The van der Waals surface area contributed by atoms with Gasteiger partial charge in [0.2, 0.25) is 0 Å². The van der Waals surface area contributed by atoms with Gasteiger partial charge in [0.15, 0.2) is 0 Å². The third-order valence-electron chi connectivity index (χ3n) is 4.57. The van der Waals surface area contributed by atoms with E-state index in [-0.39, 0.29) is 0 Å². The molecule has 2 aliphatic carbocycles. The normalized spacial score (nSPS) is 22.4. The van der Waals surface area contributed by atoms with E-state index < -0.39 is 0 Å². The lowest BCUT2D eigenvalue weighted by atomic mass is 9.79. The Labute approximate surface area is 136 Å². The quantitative estimate of drug-likeness (QED) is 0.597. The van der Waals surface area contributed by atoms with Crippen LogP contribution < -0.4 is 0 Å². The summed E-state index contributed by atoms with van der Waals surface area (Å²) in [4.78, 5) is 9.18. The first-order valence-electron chi connectivity index (χ1n) is 8.69. The molecule has 1 atom stereocenters. The highest BCUT2D eigenvalue weighted by Gasteiger charge is 2.28. The van der Waals surface area contributed by atoms with Crippen molar-refractivity contribution in [1.82, 2.24) is 0 Å². The molecule has 2 aliphatic rings. The van der Waals surface area contributed by atoms with E-state index in [1.165, 1.54) is 44.1 Å². The minimum Gasteiger partial charge on any atom is -0.468 e. The van der Waals surface area contributed by atoms with Crippen LogP contribution >= 0.6 is 0 Å². The molecule has 22 heavy (non-hydrogen) atoms. The standard InChI is InChI=1S/C17H26.C3H6O2/c1-4-6-16-12-15(11-14-7-8-14)9-10-17(16)13(3)5-2;1-2-5-3-4/h4-6,14-15H,7-12H2,1-3H3;3H,2H2,1H3/b6-4-,13-5+;. The van der Waals surface area contributed by atoms with E-state index in [1.54, 1.807) is 18.1 Å². The smallest absolute Gasteiger partial charge is 0.293 e. The van der Waals surface area contributed by atoms with Gasteiger partial charge in [-0.15, -0.1) is 0 Å². The van der Waals surface area contributed by atoms with Gasteiger partial charge in [-0.25, -0.2) is 0 Å². The molecule has 0 spiro atoms. The fraction of sp³-hybridized carbons (Fsp3) is 0.650. The van der Waals surface area contributed by atoms with E-state index >= 15 is 0 Å². The first-order valence-corrected chi connectivity index (χ1v) is 8.69. The van der Waals surface area contributed by atoms with Gasteiger partial charge >= 0.3 is 0 Å². The minimum atomic E-state index is 0.431. The maximum Gasteiger partial charge on any atom is 0.293 e. The van der Waals surface area contributed by atoms with Crippen molar-refractivity contribution in [3.63, 3.8) is 0 Å². The average molecular weight is 304 g/mol. The number of hydrogen-bond acceptors (Lipinski definition) is 2. The SMILES string of the molecule is C/C=C\C1=C(C(/C)=C/C)CCC(CC2CC2)C1.CCOC=O. The highest BCUT2D eigenvalue weighted by molar-refractivity contribution is 5.40. The second kappa shape index (κ2) is 10.4. The van der Waals surface area contributed by atoms with Crippen molar-refractivity contribution >= 4 is 6.47 Å². The second-order valence-electron chi connectivity index (χ2n) is 6.31. The largest absolute Gasteiger partial charge is 0.468 e. The second-order valence-corrected chi connectivity index (χ2v) is 6.31. The molecule has 1 unspecified atom stereocenters. The van der Waals surface area contributed by atoms with E-state index in [4.69, 9.17) is 0 Å². The van der Waals surface area contributed by atoms with Crippen LogP contribution in [0.4, 0.5) is 0 Å². The molecule has 0 amide bonds. The van der Waals surface area contributed by atoms with Crippen molar-refractivity contribution in [2.24, 2.45) is 11.8 Å². The number of carbonyl (C=O) groups excluding carboxylic acids is 1. The highest BCUT2D eigenvalue weighted by atomic mass is 16.5. The summed E-state index contributed by atoms with van der Waals surface area (Å²) >= 11 is 0. The van der Waals surface area contributed by atoms with Crippen LogP contribution in [0, 0.1) is 11.8 Å². The number of carbonyl (C=O) groups is 1. The fourth-order valence-electron chi connectivity index (χ4n) is 3.13. The zero-order chi connectivity index (χ0) is 16.4. The Morgan fingerprint density at radius 1 is 1.23 bits per heavy atom. The number of allylic oxidation sites excluding steroid dienone is 6. The zero-order valence-electron chi connectivity index (χ0n) is 14.7. The third kappa shape index (κ3) is 6.64. The van der Waals surface area contributed by atoms with Gasteiger partial charge < -0.3 is 4.74 Å². The molecule has 0 bridgehead atoms. The van der Waals surface area contributed by atoms with Gasteiger partial charge in [0, 0.05) is 0 Å². The van der Waals surface area contributed by atoms with Crippen LogP contribution in [0.3, 0.4) is 0 Å². The first kappa shape index (κ1) is 18.7. The molecule has 0 aliphatic heterocycles. The molecular weight excluding hydrogens is 272 g/mol. The van der Waals surface area contributed by atoms with Gasteiger partial charge in [-0.1, -0.05) is 36.6 Å². The summed E-state index contributed by atoms with van der Waals surface area (Å²) in [6.45, 7) is 9.23. The Morgan fingerprint density at radius 3 is 2.41 bits per heavy atom. The Hall–Kier alpha value is -1.31. The lowest BCUT2D eigenvalue weighted by molar-refractivity contribution is -0.128. The van der Waals surface area contributed by atoms with E-state index in [2.05, 4.69) is 43.7 Å². The first-order chi connectivity index (χ1) is 10.7. The van der Waals surface area contributed by atoms with Crippen LogP contribution in [-0.4, -0.2) is 13.1 Å². The molecule has 1 saturated carbocycles. The van der Waals surface area contributed by atoms with Gasteiger partial charge in [0.05, 0.1) is 6.61 Å². The summed E-state index contributed by atoms with van der Waals surface area (Å²) in [7, 11) is 0. The van der Waals surface area contributed by atoms with E-state index in [9.17, 15) is 4.79 Å². The van der Waals surface area contributed by atoms with Crippen LogP contribution in [0.2, 0.25) is 0 Å². The molecule has 0 aromatic carbocycles. The van der Waals surface area contributed by atoms with Crippen LogP contribution in [-0.2, 0) is 9.53 Å². The fourth-order valence-corrected chi connectivity index (χ4v) is 3.13. The molecule has 0 aromatic heterocycles. The summed E-state index contributed by atoms with van der Waals surface area (Å²) in [6.07, 6.45) is 15.3. The van der Waals surface area contributed by atoms with Crippen molar-refractivity contribution in [2.75, 3.05) is 6.61 Å². The summed E-state index contributed by atoms with van der Waals surface area (Å²) < 4.78 is 4.15. The molecule has 2 rings (SSSR count). The van der Waals surface area contributed by atoms with Crippen LogP contribution in [0.15, 0.2) is 34.9 Å². The van der Waals surface area contributed by atoms with Gasteiger partial charge in [-0.2, -0.15) is 0 Å². The predicted molar refractivity (Wildman–Crippen MR) is 93.6 cm³/mol. The number of hydrogen-bond donors (Lipinski definition) is 0. The number of rotatable bonds is 6. The molecule has 0 aromatic rings. The maximum atomic E-state index is 9.18. The Balaban J connectivity index is 0.000000422. The Morgan fingerprint density at radius 2 is 1.95 bits per heavy atom. The lowest BCUT2D eigenvalue weighted by Gasteiger charge is -2.26. The summed E-state index contributed by atoms with van der Waals surface area (Å²) in [5.74, 6) is 2.04. The van der Waals surface area contributed by atoms with Gasteiger partial charge in [-0.3, -0.25) is 4.79 Å². The monoisotopic (exact) mass is 304 g/mol. The third-order valence-corrected chi connectivity index (χ3v) is 4.57. The van der Waals surface area contributed by atoms with Crippen LogP contribution in [0.25, 0.3) is 0 Å². The molecule has 124 valence electrons. The summed E-state index contributed by atoms with van der Waals surface area (Å²) in [6, 6.07) is 0. The molecule has 0 heterocycles. The van der Waals surface area contributed by atoms with Crippen molar-refractivity contribution < 1.29 is 9.53 Å². The summed E-state index contributed by atoms with van der Waals surface area (Å²) in [5.41, 5.74) is 4.72. The average Bonchev–Trinajstić information content (AvgIpc) is 3.33. The Bertz CT molecular complexity index is 425. The van der Waals surface area contributed by atoms with Gasteiger partial charge in [0.1, 0.15) is 0 Å². The van der Waals surface area contributed by atoms with Crippen LogP contribution in [0.5, 0.6) is 0 Å². The highest BCUT2D eigenvalue weighted by Crippen LogP contribution is 2.42. The molecular formula is C20H32O2. The van der Waals surface area contributed by atoms with Gasteiger partial charge in [0.25, 0.3) is 6.47 Å². The molecule has 0 saturated heterocycles. The lowest BCUT2D eigenvalue weighted by Crippen LogP contribution is -2.11. The maximum absolute atomic E-state index is 9.18. The molecule has 0 radical (unpaired) electrons. The van der Waals surface area contributed by atoms with E-state index in [1.807, 2.05) is 0 Å². The van der Waals surface area contributed by atoms with Crippen molar-refractivity contribution in [1.29, 1.82) is 0 Å². The van der Waals surface area contributed by atoms with E-state index in [0.29, 0.717) is 13.1 Å². The van der Waals surface area contributed by atoms with Crippen LogP contribution in [0.1, 0.15) is 66.2 Å². The van der Waals surface area contributed by atoms with Gasteiger partial charge in [-0.05, 0) is 76.4 Å². The van der Waals surface area contributed by atoms with Crippen molar-refractivity contribution in [3.8, 4) is 0 Å². The summed E-state index contributed by atoms with van der Waals surface area (Å²) in [5, 5.41) is 0. The van der Waals surface area contributed by atoms with Crippen molar-refractivity contribution in [2.45, 2.75) is 66.2 Å². The van der Waals surface area contributed by atoms with E-state index in [0.717, 1.165) is 11.8 Å². The molecule has 2 heteroatoms. The molecule has 2 nitrogen and oxygen atoms in total. The predicted octanol–water partition coefficient (Wildman–Crippen LogP) is 5.60. The minimum absolute atomic E-state index is 0.431. The zero-order valence-corrected chi connectivity index (χ0v) is 14.7. The Kier molecular flexibility index (Phi) is 8.88.